The summed E-state index contributed by atoms with van der Waals surface area (Å²) in [5.74, 6) is 0.124. The predicted molar refractivity (Wildman–Crippen MR) is 111 cm³/mol. The number of aliphatic imine (C=N–C) groups is 2. The van der Waals surface area contributed by atoms with Gasteiger partial charge in [0, 0.05) is 18.3 Å². The van der Waals surface area contributed by atoms with E-state index in [9.17, 15) is 9.18 Å². The van der Waals surface area contributed by atoms with Gasteiger partial charge in [0.25, 0.3) is 5.91 Å². The van der Waals surface area contributed by atoms with Crippen molar-refractivity contribution in [1.82, 2.24) is 20.6 Å². The number of carbonyl (C=O) groups excluding carboxylic acids is 1. The molecule has 0 saturated carbocycles. The second-order valence-electron chi connectivity index (χ2n) is 6.47. The zero-order chi connectivity index (χ0) is 20.1. The Hall–Kier alpha value is -3.04. The lowest BCUT2D eigenvalue weighted by atomic mass is 10.1. The number of nitrogens with one attached hydrogen (secondary N) is 2. The van der Waals surface area contributed by atoms with E-state index in [1.807, 2.05) is 24.3 Å². The van der Waals surface area contributed by atoms with Crippen LogP contribution in [0.4, 0.5) is 4.39 Å². The van der Waals surface area contributed by atoms with Crippen molar-refractivity contribution in [3.8, 4) is 0 Å². The third kappa shape index (κ3) is 5.07. The number of carbonyl (C=O) groups is 1. The molecule has 0 radical (unpaired) electrons. The lowest BCUT2D eigenvalue weighted by Gasteiger charge is -2.03. The number of pyridine rings is 1. The van der Waals surface area contributed by atoms with Gasteiger partial charge in [-0.25, -0.2) is 14.4 Å². The number of amides is 1. The van der Waals surface area contributed by atoms with Crippen LogP contribution in [0.1, 0.15) is 21.2 Å². The largest absolute Gasteiger partial charge is 0.345 e. The van der Waals surface area contributed by atoms with Crippen molar-refractivity contribution in [3.05, 3.63) is 70.2 Å². The molecule has 2 aliphatic rings. The molecule has 9 heteroatoms. The highest BCUT2D eigenvalue weighted by Gasteiger charge is 2.19. The van der Waals surface area contributed by atoms with E-state index >= 15 is 0 Å². The van der Waals surface area contributed by atoms with Gasteiger partial charge in [0.2, 0.25) is 0 Å². The van der Waals surface area contributed by atoms with E-state index in [0.717, 1.165) is 22.8 Å². The molecule has 1 aliphatic carbocycles. The fraction of sp³-hybridized carbons (Fsp3) is 0.250. The molecule has 1 unspecified atom stereocenters. The molecule has 1 atom stereocenters. The van der Waals surface area contributed by atoms with E-state index in [1.54, 1.807) is 5.38 Å². The smallest absolute Gasteiger partial charge is 0.271 e. The Kier molecular flexibility index (Phi) is 5.97. The number of hydrogen-bond donors (Lipinski definition) is 2. The lowest BCUT2D eigenvalue weighted by Crippen LogP contribution is -2.24. The maximum absolute atomic E-state index is 12.9. The van der Waals surface area contributed by atoms with Crippen LogP contribution in [0, 0.1) is 5.82 Å². The molecule has 7 nitrogen and oxygen atoms in total. The van der Waals surface area contributed by atoms with Crippen LogP contribution in [-0.4, -0.2) is 46.6 Å². The Morgan fingerprint density at radius 2 is 2.17 bits per heavy atom. The van der Waals surface area contributed by atoms with E-state index in [2.05, 4.69) is 30.6 Å². The first kappa shape index (κ1) is 19.3. The van der Waals surface area contributed by atoms with Crippen LogP contribution in [0.5, 0.6) is 0 Å². The number of hydrogen-bond acceptors (Lipinski definition) is 7. The second kappa shape index (κ2) is 8.97. The predicted octanol–water partition coefficient (Wildman–Crippen LogP) is 2.09. The van der Waals surface area contributed by atoms with Gasteiger partial charge < -0.3 is 10.6 Å². The Bertz CT molecular complexity index is 1010. The number of rotatable bonds is 8. The number of thiazole rings is 1. The topological polar surface area (TPSA) is 91.6 Å². The van der Waals surface area contributed by atoms with Crippen molar-refractivity contribution in [1.29, 1.82) is 0 Å². The summed E-state index contributed by atoms with van der Waals surface area (Å²) in [6.45, 7) is 1.54. The molecule has 0 aromatic carbocycles. The quantitative estimate of drug-likeness (QED) is 0.652. The SMILES string of the molecule is O=C(NCc1ccc(F)cn1)c1csc(CCNCC2=NC3C=CC=CC3=N2)n1. The number of amidine groups is 1. The molecule has 29 heavy (non-hydrogen) atoms. The Morgan fingerprint density at radius 1 is 1.24 bits per heavy atom. The first-order chi connectivity index (χ1) is 14.2. The Morgan fingerprint density at radius 3 is 3.00 bits per heavy atom. The maximum Gasteiger partial charge on any atom is 0.271 e. The summed E-state index contributed by atoms with van der Waals surface area (Å²) in [5.41, 5.74) is 1.95. The monoisotopic (exact) mass is 410 g/mol. The molecular formula is C20H19FN6OS. The summed E-state index contributed by atoms with van der Waals surface area (Å²) in [4.78, 5) is 29.5. The zero-order valence-electron chi connectivity index (χ0n) is 15.5. The fourth-order valence-corrected chi connectivity index (χ4v) is 3.63. The van der Waals surface area contributed by atoms with Crippen molar-refractivity contribution >= 4 is 28.8 Å². The van der Waals surface area contributed by atoms with E-state index in [-0.39, 0.29) is 18.5 Å². The summed E-state index contributed by atoms with van der Waals surface area (Å²) in [7, 11) is 0. The molecule has 0 spiro atoms. The number of allylic oxidation sites excluding steroid dienone is 2. The van der Waals surface area contributed by atoms with Gasteiger partial charge in [0.15, 0.2) is 0 Å². The van der Waals surface area contributed by atoms with Gasteiger partial charge in [-0.3, -0.25) is 14.8 Å². The molecule has 1 amide bonds. The zero-order valence-corrected chi connectivity index (χ0v) is 16.3. The van der Waals surface area contributed by atoms with Crippen molar-refractivity contribution in [2.75, 3.05) is 13.1 Å². The summed E-state index contributed by atoms with van der Waals surface area (Å²) in [6, 6.07) is 2.91. The molecule has 148 valence electrons. The first-order valence-electron chi connectivity index (χ1n) is 9.21. The third-order valence-corrected chi connectivity index (χ3v) is 5.23. The molecule has 0 saturated heterocycles. The lowest BCUT2D eigenvalue weighted by molar-refractivity contribution is 0.0946. The van der Waals surface area contributed by atoms with Crippen LogP contribution >= 0.6 is 11.3 Å². The standard InChI is InChI=1S/C20H19FN6OS/c21-13-5-6-14(23-9-13)10-24-20(28)17-12-29-19(27-17)7-8-22-11-18-25-15-3-1-2-4-16(15)26-18/h1-6,9,12,15,22H,7-8,10-11H2,(H,24,28). The van der Waals surface area contributed by atoms with Crippen LogP contribution in [0.2, 0.25) is 0 Å². The van der Waals surface area contributed by atoms with Gasteiger partial charge in [-0.1, -0.05) is 18.2 Å². The van der Waals surface area contributed by atoms with Gasteiger partial charge in [0.05, 0.1) is 35.7 Å². The van der Waals surface area contributed by atoms with Gasteiger partial charge in [0.1, 0.15) is 23.4 Å². The average molecular weight is 410 g/mol. The first-order valence-corrected chi connectivity index (χ1v) is 10.1. The highest BCUT2D eigenvalue weighted by molar-refractivity contribution is 7.09. The van der Waals surface area contributed by atoms with Gasteiger partial charge in [-0.2, -0.15) is 0 Å². The minimum absolute atomic E-state index is 0.0574. The summed E-state index contributed by atoms with van der Waals surface area (Å²) in [6.07, 6.45) is 9.80. The van der Waals surface area contributed by atoms with Crippen LogP contribution in [-0.2, 0) is 13.0 Å². The maximum atomic E-state index is 12.9. The number of fused-ring (bicyclic) bond motifs is 1. The van der Waals surface area contributed by atoms with Crippen LogP contribution in [0.25, 0.3) is 0 Å². The third-order valence-electron chi connectivity index (χ3n) is 4.32. The molecule has 4 rings (SSSR count). The number of halogens is 1. The second-order valence-corrected chi connectivity index (χ2v) is 7.42. The molecule has 1 aliphatic heterocycles. The molecule has 0 fully saturated rings. The highest BCUT2D eigenvalue weighted by Crippen LogP contribution is 2.13. The Balaban J connectivity index is 1.20. The molecular weight excluding hydrogens is 391 g/mol. The normalized spacial score (nSPS) is 17.1. The Labute approximate surface area is 171 Å². The summed E-state index contributed by atoms with van der Waals surface area (Å²) in [5, 5.41) is 8.67. The van der Waals surface area contributed by atoms with E-state index in [4.69, 9.17) is 0 Å². The molecule has 2 N–H and O–H groups in total. The van der Waals surface area contributed by atoms with Gasteiger partial charge in [-0.05, 0) is 18.2 Å². The van der Waals surface area contributed by atoms with Crippen LogP contribution < -0.4 is 10.6 Å². The van der Waals surface area contributed by atoms with E-state index < -0.39 is 5.82 Å². The summed E-state index contributed by atoms with van der Waals surface area (Å²) < 4.78 is 12.9. The van der Waals surface area contributed by atoms with E-state index in [0.29, 0.717) is 30.9 Å². The van der Waals surface area contributed by atoms with Crippen molar-refractivity contribution in [2.24, 2.45) is 9.98 Å². The number of aromatic nitrogens is 2. The molecule has 2 aromatic rings. The fourth-order valence-electron chi connectivity index (χ4n) is 2.85. The minimum Gasteiger partial charge on any atom is -0.345 e. The minimum atomic E-state index is -0.405. The summed E-state index contributed by atoms with van der Waals surface area (Å²) >= 11 is 1.45. The van der Waals surface area contributed by atoms with Crippen LogP contribution in [0.3, 0.4) is 0 Å². The molecule has 2 aromatic heterocycles. The van der Waals surface area contributed by atoms with Crippen molar-refractivity contribution < 1.29 is 9.18 Å². The van der Waals surface area contributed by atoms with Gasteiger partial charge in [-0.15, -0.1) is 11.3 Å². The molecule has 0 bridgehead atoms. The van der Waals surface area contributed by atoms with Crippen molar-refractivity contribution in [2.45, 2.75) is 19.0 Å². The number of nitrogens with zero attached hydrogens (tertiary/aromatic N) is 4. The average Bonchev–Trinajstić information content (AvgIpc) is 3.37. The highest BCUT2D eigenvalue weighted by atomic mass is 32.1. The molecule has 3 heterocycles. The van der Waals surface area contributed by atoms with Crippen molar-refractivity contribution in [3.63, 3.8) is 0 Å². The van der Waals surface area contributed by atoms with Crippen LogP contribution in [0.15, 0.2) is 58.0 Å². The van der Waals surface area contributed by atoms with Gasteiger partial charge >= 0.3 is 0 Å². The van der Waals surface area contributed by atoms with E-state index in [1.165, 1.54) is 23.5 Å².